The molecule has 2 heterocycles. The van der Waals surface area contributed by atoms with Crippen LogP contribution in [0.15, 0.2) is 24.9 Å². The fourth-order valence-electron chi connectivity index (χ4n) is 2.75. The Labute approximate surface area is 134 Å². The van der Waals surface area contributed by atoms with Crippen molar-refractivity contribution in [2.75, 3.05) is 18.4 Å². The van der Waals surface area contributed by atoms with E-state index in [1.807, 2.05) is 0 Å². The number of hydrogen-bond acceptors (Lipinski definition) is 4. The minimum atomic E-state index is -0.688. The molecule has 122 valence electrons. The minimum absolute atomic E-state index is 0.0446. The van der Waals surface area contributed by atoms with Crippen molar-refractivity contribution in [3.8, 4) is 0 Å². The zero-order valence-electron chi connectivity index (χ0n) is 13.0. The van der Waals surface area contributed by atoms with Crippen LogP contribution in [0.1, 0.15) is 41.7 Å². The van der Waals surface area contributed by atoms with Crippen LogP contribution in [0.3, 0.4) is 0 Å². The molecule has 1 fully saturated rings. The maximum Gasteiger partial charge on any atom is 0.269 e. The predicted octanol–water partition coefficient (Wildman–Crippen LogP) is 1.03. The normalized spacial score (nSPS) is 15.1. The van der Waals surface area contributed by atoms with Gasteiger partial charge >= 0.3 is 0 Å². The topological polar surface area (TPSA) is 105 Å². The Kier molecular flexibility index (Phi) is 5.10. The summed E-state index contributed by atoms with van der Waals surface area (Å²) in [5.41, 5.74) is 6.57. The molecule has 7 heteroatoms. The smallest absolute Gasteiger partial charge is 0.269 e. The average molecular weight is 316 g/mol. The molecular formula is C16H20N4O3. The number of anilines is 1. The second-order valence-electron chi connectivity index (χ2n) is 5.51. The number of carbonyl (C=O) groups excluding carboxylic acids is 3. The van der Waals surface area contributed by atoms with Crippen LogP contribution < -0.4 is 11.1 Å². The lowest BCUT2D eigenvalue weighted by atomic mass is 9.90. The monoisotopic (exact) mass is 316 g/mol. The molecule has 0 unspecified atom stereocenters. The van der Waals surface area contributed by atoms with Gasteiger partial charge in [-0.25, -0.2) is 4.98 Å². The van der Waals surface area contributed by atoms with Crippen LogP contribution in [-0.2, 0) is 9.59 Å². The van der Waals surface area contributed by atoms with Gasteiger partial charge in [-0.15, -0.1) is 0 Å². The van der Waals surface area contributed by atoms with Crippen LogP contribution >= 0.6 is 0 Å². The number of rotatable bonds is 4. The van der Waals surface area contributed by atoms with E-state index in [4.69, 9.17) is 5.73 Å². The summed E-state index contributed by atoms with van der Waals surface area (Å²) in [6.07, 6.45) is 4.51. The SMILES string of the molecule is C=CC(=O)N1CCC(c2cnc(C(N)=O)c(NC(C)=O)c2)CC1. The number of hydrogen-bond donors (Lipinski definition) is 2. The van der Waals surface area contributed by atoms with Crippen LogP contribution in [0.2, 0.25) is 0 Å². The highest BCUT2D eigenvalue weighted by atomic mass is 16.2. The van der Waals surface area contributed by atoms with E-state index >= 15 is 0 Å². The Balaban J connectivity index is 2.17. The van der Waals surface area contributed by atoms with Crippen molar-refractivity contribution in [3.05, 3.63) is 36.2 Å². The molecule has 0 aromatic carbocycles. The lowest BCUT2D eigenvalue weighted by molar-refractivity contribution is -0.127. The van der Waals surface area contributed by atoms with Gasteiger partial charge in [0, 0.05) is 26.2 Å². The fourth-order valence-corrected chi connectivity index (χ4v) is 2.75. The van der Waals surface area contributed by atoms with Crippen molar-refractivity contribution in [3.63, 3.8) is 0 Å². The average Bonchev–Trinajstić information content (AvgIpc) is 2.53. The van der Waals surface area contributed by atoms with Gasteiger partial charge in [0.2, 0.25) is 11.8 Å². The maximum absolute atomic E-state index is 11.6. The number of nitrogens with zero attached hydrogens (tertiary/aromatic N) is 2. The predicted molar refractivity (Wildman–Crippen MR) is 85.8 cm³/mol. The number of likely N-dealkylation sites (tertiary alicyclic amines) is 1. The highest BCUT2D eigenvalue weighted by Gasteiger charge is 2.24. The Morgan fingerprint density at radius 3 is 2.57 bits per heavy atom. The molecule has 2 rings (SSSR count). The van der Waals surface area contributed by atoms with Crippen molar-refractivity contribution in [2.24, 2.45) is 5.73 Å². The van der Waals surface area contributed by atoms with Gasteiger partial charge in [-0.3, -0.25) is 14.4 Å². The van der Waals surface area contributed by atoms with Crippen molar-refractivity contribution in [1.29, 1.82) is 0 Å². The zero-order chi connectivity index (χ0) is 17.0. The Morgan fingerprint density at radius 2 is 2.04 bits per heavy atom. The number of nitrogens with one attached hydrogen (secondary N) is 1. The summed E-state index contributed by atoms with van der Waals surface area (Å²) in [5.74, 6) is -0.833. The van der Waals surface area contributed by atoms with Gasteiger partial charge in [0.25, 0.3) is 5.91 Å². The quantitative estimate of drug-likeness (QED) is 0.809. The number of amides is 3. The summed E-state index contributed by atoms with van der Waals surface area (Å²) in [5, 5.41) is 2.59. The van der Waals surface area contributed by atoms with Crippen molar-refractivity contribution in [2.45, 2.75) is 25.7 Å². The minimum Gasteiger partial charge on any atom is -0.364 e. The molecule has 1 aromatic rings. The lowest BCUT2D eigenvalue weighted by Crippen LogP contribution is -2.36. The molecule has 0 bridgehead atoms. The number of aromatic nitrogens is 1. The van der Waals surface area contributed by atoms with E-state index in [1.54, 1.807) is 17.2 Å². The molecule has 1 aliphatic heterocycles. The highest BCUT2D eigenvalue weighted by Crippen LogP contribution is 2.30. The largest absolute Gasteiger partial charge is 0.364 e. The second kappa shape index (κ2) is 7.04. The molecule has 1 saturated heterocycles. The van der Waals surface area contributed by atoms with Gasteiger partial charge in [0.1, 0.15) is 0 Å². The van der Waals surface area contributed by atoms with Gasteiger partial charge in [0.05, 0.1) is 5.69 Å². The van der Waals surface area contributed by atoms with Gasteiger partial charge in [-0.2, -0.15) is 0 Å². The molecule has 0 radical (unpaired) electrons. The first-order valence-corrected chi connectivity index (χ1v) is 7.41. The molecule has 1 aliphatic rings. The van der Waals surface area contributed by atoms with Gasteiger partial charge in [0.15, 0.2) is 5.69 Å². The fraction of sp³-hybridized carbons (Fsp3) is 0.375. The summed E-state index contributed by atoms with van der Waals surface area (Å²) in [7, 11) is 0. The van der Waals surface area contributed by atoms with Crippen LogP contribution in [0.25, 0.3) is 0 Å². The molecule has 3 amide bonds. The molecule has 0 atom stereocenters. The first kappa shape index (κ1) is 16.7. The molecule has 0 saturated carbocycles. The summed E-state index contributed by atoms with van der Waals surface area (Å²) >= 11 is 0. The summed E-state index contributed by atoms with van der Waals surface area (Å²) in [6, 6.07) is 1.74. The van der Waals surface area contributed by atoms with E-state index in [9.17, 15) is 14.4 Å². The van der Waals surface area contributed by atoms with Gasteiger partial charge < -0.3 is 16.0 Å². The Hall–Kier alpha value is -2.70. The first-order chi connectivity index (χ1) is 10.9. The number of nitrogens with two attached hydrogens (primary N) is 1. The molecule has 23 heavy (non-hydrogen) atoms. The molecule has 7 nitrogen and oxygen atoms in total. The molecule has 1 aromatic heterocycles. The third-order valence-corrected chi connectivity index (χ3v) is 3.91. The maximum atomic E-state index is 11.6. The van der Waals surface area contributed by atoms with Crippen molar-refractivity contribution < 1.29 is 14.4 Å². The van der Waals surface area contributed by atoms with Crippen molar-refractivity contribution in [1.82, 2.24) is 9.88 Å². The summed E-state index contributed by atoms with van der Waals surface area (Å²) in [4.78, 5) is 40.1. The van der Waals surface area contributed by atoms with E-state index in [0.29, 0.717) is 18.8 Å². The summed E-state index contributed by atoms with van der Waals surface area (Å²) < 4.78 is 0. The van der Waals surface area contributed by atoms with E-state index in [2.05, 4.69) is 16.9 Å². The highest BCUT2D eigenvalue weighted by molar-refractivity contribution is 6.01. The number of primary amides is 1. The number of carbonyl (C=O) groups is 3. The third kappa shape index (κ3) is 3.94. The molecule has 3 N–H and O–H groups in total. The van der Waals surface area contributed by atoms with Gasteiger partial charge in [-0.05, 0) is 36.5 Å². The van der Waals surface area contributed by atoms with Crippen LogP contribution in [0.5, 0.6) is 0 Å². The standard InChI is InChI=1S/C16H20N4O3/c1-3-14(22)20-6-4-11(5-7-20)12-8-13(19-10(2)21)15(16(17)23)18-9-12/h3,8-9,11H,1,4-7H2,2H3,(H2,17,23)(H,19,21). The first-order valence-electron chi connectivity index (χ1n) is 7.41. The Bertz CT molecular complexity index is 649. The van der Waals surface area contributed by atoms with E-state index in [1.165, 1.54) is 13.0 Å². The lowest BCUT2D eigenvalue weighted by Gasteiger charge is -2.31. The van der Waals surface area contributed by atoms with E-state index in [-0.39, 0.29) is 23.4 Å². The Morgan fingerprint density at radius 1 is 1.39 bits per heavy atom. The molecular weight excluding hydrogens is 296 g/mol. The third-order valence-electron chi connectivity index (χ3n) is 3.91. The van der Waals surface area contributed by atoms with Crippen LogP contribution in [-0.4, -0.2) is 40.7 Å². The van der Waals surface area contributed by atoms with E-state index in [0.717, 1.165) is 18.4 Å². The number of pyridine rings is 1. The second-order valence-corrected chi connectivity index (χ2v) is 5.51. The van der Waals surface area contributed by atoms with Crippen LogP contribution in [0.4, 0.5) is 5.69 Å². The van der Waals surface area contributed by atoms with Gasteiger partial charge in [-0.1, -0.05) is 6.58 Å². The molecule has 0 aliphatic carbocycles. The van der Waals surface area contributed by atoms with Crippen LogP contribution in [0, 0.1) is 0 Å². The van der Waals surface area contributed by atoms with Crippen molar-refractivity contribution >= 4 is 23.4 Å². The summed E-state index contributed by atoms with van der Waals surface area (Å²) in [6.45, 7) is 6.13. The molecule has 0 spiro atoms. The number of piperidine rings is 1. The van der Waals surface area contributed by atoms with E-state index < -0.39 is 5.91 Å². The zero-order valence-corrected chi connectivity index (χ0v) is 13.0.